The van der Waals surface area contributed by atoms with E-state index in [1.54, 1.807) is 20.2 Å². The van der Waals surface area contributed by atoms with Crippen LogP contribution in [0.15, 0.2) is 18.2 Å². The van der Waals surface area contributed by atoms with Gasteiger partial charge >= 0.3 is 0 Å². The molecule has 1 amide bonds. The highest BCUT2D eigenvalue weighted by molar-refractivity contribution is 5.97. The van der Waals surface area contributed by atoms with Crippen molar-refractivity contribution in [1.82, 2.24) is 4.90 Å². The van der Waals surface area contributed by atoms with Crippen molar-refractivity contribution in [2.75, 3.05) is 20.7 Å². The Hall–Kier alpha value is -1.71. The summed E-state index contributed by atoms with van der Waals surface area (Å²) in [5.74, 6) is 0.368. The van der Waals surface area contributed by atoms with Crippen LogP contribution in [0.4, 0.5) is 0 Å². The predicted molar refractivity (Wildman–Crippen MR) is 57.3 cm³/mol. The first-order valence-corrected chi connectivity index (χ1v) is 4.73. The van der Waals surface area contributed by atoms with E-state index in [0.29, 0.717) is 17.9 Å². The Labute approximate surface area is 89.1 Å². The second-order valence-electron chi connectivity index (χ2n) is 3.31. The molecular weight excluding hydrogens is 194 g/mol. The van der Waals surface area contributed by atoms with Crippen molar-refractivity contribution in [3.63, 3.8) is 0 Å². The lowest BCUT2D eigenvalue weighted by atomic mass is 10.1. The molecule has 0 aliphatic rings. The zero-order valence-corrected chi connectivity index (χ0v) is 9.15. The summed E-state index contributed by atoms with van der Waals surface area (Å²) >= 11 is 0. The van der Waals surface area contributed by atoms with E-state index >= 15 is 0 Å². The molecule has 1 aromatic carbocycles. The van der Waals surface area contributed by atoms with E-state index in [4.69, 9.17) is 4.74 Å². The number of carbonyl (C=O) groups excluding carboxylic acids is 1. The molecule has 15 heavy (non-hydrogen) atoms. The Morgan fingerprint density at radius 1 is 1.47 bits per heavy atom. The lowest BCUT2D eigenvalue weighted by Gasteiger charge is -2.14. The summed E-state index contributed by atoms with van der Waals surface area (Å²) in [6.45, 7) is 2.33. The Bertz CT molecular complexity index is 361. The van der Waals surface area contributed by atoms with Gasteiger partial charge in [-0.25, -0.2) is 0 Å². The van der Waals surface area contributed by atoms with Crippen molar-refractivity contribution in [3.05, 3.63) is 23.8 Å². The number of phenols is 1. The van der Waals surface area contributed by atoms with Gasteiger partial charge in [0.15, 0.2) is 0 Å². The van der Waals surface area contributed by atoms with E-state index in [-0.39, 0.29) is 11.7 Å². The van der Waals surface area contributed by atoms with Gasteiger partial charge < -0.3 is 14.7 Å². The van der Waals surface area contributed by atoms with Crippen molar-refractivity contribution in [2.45, 2.75) is 6.92 Å². The van der Waals surface area contributed by atoms with Crippen molar-refractivity contribution < 1.29 is 14.6 Å². The average molecular weight is 209 g/mol. The molecule has 4 nitrogen and oxygen atoms in total. The van der Waals surface area contributed by atoms with Gasteiger partial charge in [-0.15, -0.1) is 0 Å². The van der Waals surface area contributed by atoms with Gasteiger partial charge in [-0.3, -0.25) is 4.79 Å². The number of nitrogens with zero attached hydrogens (tertiary/aromatic N) is 1. The van der Waals surface area contributed by atoms with E-state index in [1.807, 2.05) is 6.92 Å². The van der Waals surface area contributed by atoms with Crippen molar-refractivity contribution >= 4 is 5.91 Å². The number of aromatic hydroxyl groups is 1. The zero-order chi connectivity index (χ0) is 11.4. The Kier molecular flexibility index (Phi) is 3.55. The molecule has 0 bridgehead atoms. The third-order valence-electron chi connectivity index (χ3n) is 1.90. The van der Waals surface area contributed by atoms with Gasteiger partial charge in [-0.1, -0.05) is 0 Å². The van der Waals surface area contributed by atoms with Crippen LogP contribution in [0.1, 0.15) is 17.3 Å². The highest BCUT2D eigenvalue weighted by atomic mass is 16.5. The van der Waals surface area contributed by atoms with Crippen molar-refractivity contribution in [1.29, 1.82) is 0 Å². The van der Waals surface area contributed by atoms with Crippen LogP contribution in [0.25, 0.3) is 0 Å². The van der Waals surface area contributed by atoms with E-state index in [2.05, 4.69) is 0 Å². The number of carbonyl (C=O) groups is 1. The number of rotatable bonds is 3. The molecular formula is C11H15NO3. The van der Waals surface area contributed by atoms with Gasteiger partial charge in [-0.2, -0.15) is 0 Å². The maximum atomic E-state index is 11.7. The lowest BCUT2D eigenvalue weighted by Crippen LogP contribution is -2.22. The number of hydrogen-bond donors (Lipinski definition) is 1. The number of hydrogen-bond acceptors (Lipinski definition) is 3. The molecule has 0 atom stereocenters. The van der Waals surface area contributed by atoms with E-state index in [0.717, 1.165) is 0 Å². The lowest BCUT2D eigenvalue weighted by molar-refractivity contribution is 0.0823. The topological polar surface area (TPSA) is 49.8 Å². The molecule has 0 aromatic heterocycles. The molecule has 1 rings (SSSR count). The molecule has 82 valence electrons. The maximum absolute atomic E-state index is 11.7. The quantitative estimate of drug-likeness (QED) is 0.820. The minimum atomic E-state index is -0.186. The van der Waals surface area contributed by atoms with Crippen LogP contribution in [0.3, 0.4) is 0 Å². The van der Waals surface area contributed by atoms with Crippen LogP contribution in [0, 0.1) is 0 Å². The van der Waals surface area contributed by atoms with Crippen LogP contribution in [0.2, 0.25) is 0 Å². The van der Waals surface area contributed by atoms with Gasteiger partial charge in [0.1, 0.15) is 11.5 Å². The van der Waals surface area contributed by atoms with Crippen LogP contribution >= 0.6 is 0 Å². The SMILES string of the molecule is CCOc1ccc(O)cc1C(=O)N(C)C. The van der Waals surface area contributed by atoms with Crippen LogP contribution in [0.5, 0.6) is 11.5 Å². The van der Waals surface area contributed by atoms with Gasteiger partial charge in [0.2, 0.25) is 0 Å². The first-order valence-electron chi connectivity index (χ1n) is 4.73. The maximum Gasteiger partial charge on any atom is 0.257 e. The number of benzene rings is 1. The summed E-state index contributed by atoms with van der Waals surface area (Å²) in [7, 11) is 3.31. The summed E-state index contributed by atoms with van der Waals surface area (Å²) in [6, 6.07) is 4.50. The molecule has 0 aliphatic carbocycles. The molecule has 4 heteroatoms. The fourth-order valence-corrected chi connectivity index (χ4v) is 1.21. The minimum absolute atomic E-state index is 0.0589. The monoisotopic (exact) mass is 209 g/mol. The molecule has 1 aromatic rings. The van der Waals surface area contributed by atoms with E-state index < -0.39 is 0 Å². The molecule has 0 fully saturated rings. The largest absolute Gasteiger partial charge is 0.508 e. The van der Waals surface area contributed by atoms with Crippen LogP contribution < -0.4 is 4.74 Å². The van der Waals surface area contributed by atoms with Gasteiger partial charge in [-0.05, 0) is 25.1 Å². The second-order valence-corrected chi connectivity index (χ2v) is 3.31. The van der Waals surface area contributed by atoms with E-state index in [1.165, 1.54) is 17.0 Å². The molecule has 0 spiro atoms. The van der Waals surface area contributed by atoms with Gasteiger partial charge in [0, 0.05) is 14.1 Å². The molecule has 0 unspecified atom stereocenters. The first kappa shape index (κ1) is 11.4. The molecule has 0 aliphatic heterocycles. The second kappa shape index (κ2) is 4.68. The smallest absolute Gasteiger partial charge is 0.257 e. The fourth-order valence-electron chi connectivity index (χ4n) is 1.21. The molecule has 0 saturated heterocycles. The molecule has 0 saturated carbocycles. The molecule has 0 radical (unpaired) electrons. The Morgan fingerprint density at radius 3 is 2.67 bits per heavy atom. The van der Waals surface area contributed by atoms with E-state index in [9.17, 15) is 9.90 Å². The van der Waals surface area contributed by atoms with Gasteiger partial charge in [0.25, 0.3) is 5.91 Å². The van der Waals surface area contributed by atoms with Crippen LogP contribution in [-0.4, -0.2) is 36.6 Å². The average Bonchev–Trinajstić information content (AvgIpc) is 2.20. The summed E-state index contributed by atoms with van der Waals surface area (Å²) in [5.41, 5.74) is 0.377. The van der Waals surface area contributed by atoms with Gasteiger partial charge in [0.05, 0.1) is 12.2 Å². The summed E-state index contributed by atoms with van der Waals surface area (Å²) in [6.07, 6.45) is 0. The molecule has 1 N–H and O–H groups in total. The Balaban J connectivity index is 3.12. The molecule has 0 heterocycles. The standard InChI is InChI=1S/C11H15NO3/c1-4-15-10-6-5-8(13)7-9(10)11(14)12(2)3/h5-7,13H,4H2,1-3H3. The highest BCUT2D eigenvalue weighted by Gasteiger charge is 2.14. The third kappa shape index (κ3) is 2.62. The summed E-state index contributed by atoms with van der Waals surface area (Å²) < 4.78 is 5.30. The highest BCUT2D eigenvalue weighted by Crippen LogP contribution is 2.24. The minimum Gasteiger partial charge on any atom is -0.508 e. The Morgan fingerprint density at radius 2 is 2.13 bits per heavy atom. The van der Waals surface area contributed by atoms with Crippen LogP contribution in [-0.2, 0) is 0 Å². The zero-order valence-electron chi connectivity index (χ0n) is 9.15. The third-order valence-corrected chi connectivity index (χ3v) is 1.90. The van der Waals surface area contributed by atoms with Crippen molar-refractivity contribution in [3.8, 4) is 11.5 Å². The fraction of sp³-hybridized carbons (Fsp3) is 0.364. The summed E-state index contributed by atoms with van der Waals surface area (Å²) in [4.78, 5) is 13.2. The number of ether oxygens (including phenoxy) is 1. The first-order chi connectivity index (χ1) is 7.06. The van der Waals surface area contributed by atoms with Crippen molar-refractivity contribution in [2.24, 2.45) is 0 Å². The number of amides is 1. The number of phenolic OH excluding ortho intramolecular Hbond substituents is 1. The predicted octanol–water partition coefficient (Wildman–Crippen LogP) is 1.49. The summed E-state index contributed by atoms with van der Waals surface area (Å²) in [5, 5.41) is 9.31. The normalized spacial score (nSPS) is 9.80.